The molecule has 2 rings (SSSR count). The van der Waals surface area contributed by atoms with E-state index in [2.05, 4.69) is 17.1 Å². The molecule has 0 amide bonds. The van der Waals surface area contributed by atoms with Gasteiger partial charge in [0.15, 0.2) is 4.77 Å². The number of anilines is 2. The van der Waals surface area contributed by atoms with Gasteiger partial charge in [0.05, 0.1) is 5.69 Å². The molecule has 102 valence electrons. The van der Waals surface area contributed by atoms with Gasteiger partial charge in [0.1, 0.15) is 5.82 Å². The van der Waals surface area contributed by atoms with Gasteiger partial charge in [0.2, 0.25) is 5.95 Å². The maximum atomic E-state index is 13.9. The van der Waals surface area contributed by atoms with Gasteiger partial charge < -0.3 is 4.90 Å². The van der Waals surface area contributed by atoms with Crippen LogP contribution in [0.15, 0.2) is 24.3 Å². The first kappa shape index (κ1) is 13.7. The van der Waals surface area contributed by atoms with E-state index in [1.165, 1.54) is 6.07 Å². The molecule has 0 bridgehead atoms. The SMILES string of the molecule is CCCn1c(N(CC)c2ccccc2F)n[nH]c1=S. The van der Waals surface area contributed by atoms with Crippen molar-refractivity contribution >= 4 is 23.9 Å². The molecule has 0 saturated heterocycles. The molecule has 19 heavy (non-hydrogen) atoms. The van der Waals surface area contributed by atoms with Crippen LogP contribution in [0.3, 0.4) is 0 Å². The highest BCUT2D eigenvalue weighted by atomic mass is 32.1. The summed E-state index contributed by atoms with van der Waals surface area (Å²) in [4.78, 5) is 1.82. The van der Waals surface area contributed by atoms with Crippen molar-refractivity contribution in [2.24, 2.45) is 0 Å². The number of halogens is 1. The van der Waals surface area contributed by atoms with E-state index in [9.17, 15) is 4.39 Å². The van der Waals surface area contributed by atoms with Crippen LogP contribution in [0.1, 0.15) is 20.3 Å². The number of benzene rings is 1. The summed E-state index contributed by atoms with van der Waals surface area (Å²) < 4.78 is 16.4. The molecule has 0 spiro atoms. The van der Waals surface area contributed by atoms with E-state index in [1.807, 2.05) is 22.5 Å². The maximum absolute atomic E-state index is 13.9. The summed E-state index contributed by atoms with van der Waals surface area (Å²) in [6.45, 7) is 5.40. The lowest BCUT2D eigenvalue weighted by atomic mass is 10.3. The summed E-state index contributed by atoms with van der Waals surface area (Å²) in [5.41, 5.74) is 0.511. The quantitative estimate of drug-likeness (QED) is 0.849. The van der Waals surface area contributed by atoms with Crippen molar-refractivity contribution in [2.75, 3.05) is 11.4 Å². The fourth-order valence-corrected chi connectivity index (χ4v) is 2.25. The molecule has 4 nitrogen and oxygen atoms in total. The average molecular weight is 280 g/mol. The summed E-state index contributed by atoms with van der Waals surface area (Å²) in [5, 5.41) is 7.01. The Morgan fingerprint density at radius 2 is 2.11 bits per heavy atom. The van der Waals surface area contributed by atoms with E-state index in [4.69, 9.17) is 12.2 Å². The van der Waals surface area contributed by atoms with Crippen LogP contribution in [0.5, 0.6) is 0 Å². The second-order valence-corrected chi connectivity index (χ2v) is 4.56. The molecule has 1 heterocycles. The predicted molar refractivity (Wildman–Crippen MR) is 76.8 cm³/mol. The zero-order valence-corrected chi connectivity index (χ0v) is 11.9. The minimum atomic E-state index is -0.263. The number of H-pyrrole nitrogens is 1. The summed E-state index contributed by atoms with van der Waals surface area (Å²) in [5.74, 6) is 0.390. The number of aromatic nitrogens is 3. The van der Waals surface area contributed by atoms with E-state index in [0.29, 0.717) is 23.0 Å². The molecular weight excluding hydrogens is 263 g/mol. The molecule has 0 saturated carbocycles. The Bertz CT molecular complexity index is 605. The first-order valence-electron chi connectivity index (χ1n) is 6.36. The Kier molecular flexibility index (Phi) is 4.31. The van der Waals surface area contributed by atoms with Crippen molar-refractivity contribution in [2.45, 2.75) is 26.8 Å². The second kappa shape index (κ2) is 5.97. The van der Waals surface area contributed by atoms with Crippen LogP contribution >= 0.6 is 12.2 Å². The Morgan fingerprint density at radius 3 is 2.74 bits per heavy atom. The van der Waals surface area contributed by atoms with Gasteiger partial charge in [-0.1, -0.05) is 19.1 Å². The van der Waals surface area contributed by atoms with Crippen LogP contribution in [0.2, 0.25) is 0 Å². The number of para-hydroxylation sites is 1. The third-order valence-electron chi connectivity index (χ3n) is 2.89. The van der Waals surface area contributed by atoms with Gasteiger partial charge in [-0.15, -0.1) is 5.10 Å². The monoisotopic (exact) mass is 280 g/mol. The number of hydrogen-bond donors (Lipinski definition) is 1. The number of aromatic amines is 1. The lowest BCUT2D eigenvalue weighted by Crippen LogP contribution is -2.21. The fourth-order valence-electron chi connectivity index (χ4n) is 2.03. The van der Waals surface area contributed by atoms with E-state index in [1.54, 1.807) is 12.1 Å². The zero-order chi connectivity index (χ0) is 13.8. The molecule has 1 N–H and O–H groups in total. The minimum Gasteiger partial charge on any atom is -0.308 e. The van der Waals surface area contributed by atoms with Gasteiger partial charge in [-0.2, -0.15) is 0 Å². The Balaban J connectivity index is 2.49. The summed E-state index contributed by atoms with van der Waals surface area (Å²) >= 11 is 5.21. The topological polar surface area (TPSA) is 36.9 Å². The van der Waals surface area contributed by atoms with Crippen LogP contribution in [-0.4, -0.2) is 21.3 Å². The first-order chi connectivity index (χ1) is 9.19. The number of rotatable bonds is 5. The second-order valence-electron chi connectivity index (χ2n) is 4.18. The number of nitrogens with one attached hydrogen (secondary N) is 1. The summed E-state index contributed by atoms with van der Waals surface area (Å²) in [6, 6.07) is 6.68. The van der Waals surface area contributed by atoms with Crippen LogP contribution < -0.4 is 4.90 Å². The molecule has 0 aliphatic carbocycles. The molecule has 0 aliphatic heterocycles. The normalized spacial score (nSPS) is 10.7. The lowest BCUT2D eigenvalue weighted by Gasteiger charge is -2.22. The van der Waals surface area contributed by atoms with Crippen molar-refractivity contribution in [3.8, 4) is 0 Å². The van der Waals surface area contributed by atoms with E-state index < -0.39 is 0 Å². The maximum Gasteiger partial charge on any atom is 0.230 e. The average Bonchev–Trinajstić information content (AvgIpc) is 2.76. The van der Waals surface area contributed by atoms with Gasteiger partial charge in [0.25, 0.3) is 0 Å². The largest absolute Gasteiger partial charge is 0.308 e. The molecule has 0 unspecified atom stereocenters. The highest BCUT2D eigenvalue weighted by Gasteiger charge is 2.17. The molecule has 6 heteroatoms. The minimum absolute atomic E-state index is 0.263. The molecule has 0 atom stereocenters. The summed E-state index contributed by atoms with van der Waals surface area (Å²) in [6.07, 6.45) is 0.940. The first-order valence-corrected chi connectivity index (χ1v) is 6.77. The molecule has 2 aromatic rings. The van der Waals surface area contributed by atoms with Crippen molar-refractivity contribution < 1.29 is 4.39 Å². The van der Waals surface area contributed by atoms with Gasteiger partial charge in [-0.3, -0.25) is 4.57 Å². The van der Waals surface area contributed by atoms with Crippen molar-refractivity contribution in [3.63, 3.8) is 0 Å². The third kappa shape index (κ3) is 2.68. The Hall–Kier alpha value is -1.69. The lowest BCUT2D eigenvalue weighted by molar-refractivity contribution is 0.619. The predicted octanol–water partition coefficient (Wildman–Crippen LogP) is 3.65. The molecular formula is C13H17FN4S. The van der Waals surface area contributed by atoms with Crippen LogP contribution in [0, 0.1) is 10.6 Å². The molecule has 0 aliphatic rings. The Morgan fingerprint density at radius 1 is 1.37 bits per heavy atom. The molecule has 0 radical (unpaired) electrons. The van der Waals surface area contributed by atoms with Crippen LogP contribution in [0.25, 0.3) is 0 Å². The fraction of sp³-hybridized carbons (Fsp3) is 0.385. The smallest absolute Gasteiger partial charge is 0.230 e. The van der Waals surface area contributed by atoms with Crippen molar-refractivity contribution in [3.05, 3.63) is 34.9 Å². The molecule has 0 fully saturated rings. The van der Waals surface area contributed by atoms with Crippen molar-refractivity contribution in [1.82, 2.24) is 14.8 Å². The number of hydrogen-bond acceptors (Lipinski definition) is 3. The van der Waals surface area contributed by atoms with E-state index in [0.717, 1.165) is 13.0 Å². The van der Waals surface area contributed by atoms with Gasteiger partial charge in [0, 0.05) is 13.1 Å². The van der Waals surface area contributed by atoms with E-state index >= 15 is 0 Å². The van der Waals surface area contributed by atoms with Gasteiger partial charge >= 0.3 is 0 Å². The molecule has 1 aromatic heterocycles. The van der Waals surface area contributed by atoms with Gasteiger partial charge in [-0.05, 0) is 37.7 Å². The van der Waals surface area contributed by atoms with Crippen molar-refractivity contribution in [1.29, 1.82) is 0 Å². The highest BCUT2D eigenvalue weighted by Crippen LogP contribution is 2.26. The number of nitrogens with zero attached hydrogens (tertiary/aromatic N) is 3. The Labute approximate surface area is 116 Å². The highest BCUT2D eigenvalue weighted by molar-refractivity contribution is 7.71. The van der Waals surface area contributed by atoms with Crippen LogP contribution in [-0.2, 0) is 6.54 Å². The van der Waals surface area contributed by atoms with Crippen LogP contribution in [0.4, 0.5) is 16.0 Å². The van der Waals surface area contributed by atoms with E-state index in [-0.39, 0.29) is 5.82 Å². The zero-order valence-electron chi connectivity index (χ0n) is 11.1. The standard InChI is InChI=1S/C13H17FN4S/c1-3-9-18-12(15-16-13(18)19)17(4-2)11-8-6-5-7-10(11)14/h5-8H,3-4,9H2,1-2H3,(H,16,19). The van der Waals surface area contributed by atoms with Gasteiger partial charge in [-0.25, -0.2) is 9.49 Å². The summed E-state index contributed by atoms with van der Waals surface area (Å²) in [7, 11) is 0. The molecule has 1 aromatic carbocycles. The third-order valence-corrected chi connectivity index (χ3v) is 3.20.